The predicted molar refractivity (Wildman–Crippen MR) is 86.1 cm³/mol. The molecule has 1 aromatic heterocycles. The number of rotatable bonds is 2. The summed E-state index contributed by atoms with van der Waals surface area (Å²) in [4.78, 5) is 26.2. The van der Waals surface area contributed by atoms with Crippen LogP contribution in [0.3, 0.4) is 0 Å². The van der Waals surface area contributed by atoms with Gasteiger partial charge in [-0.1, -0.05) is 6.07 Å². The third kappa shape index (κ3) is 2.82. The van der Waals surface area contributed by atoms with Gasteiger partial charge in [-0.15, -0.1) is 11.3 Å². The van der Waals surface area contributed by atoms with Gasteiger partial charge in [-0.2, -0.15) is 0 Å². The molecule has 0 aliphatic rings. The maximum Gasteiger partial charge on any atom is 0.394 e. The molecule has 2 aromatic carbocycles. The molecule has 6 heteroatoms. The average molecular weight is 312 g/mol. The third-order valence-corrected chi connectivity index (χ3v) is 4.20. The maximum atomic E-state index is 11.1. The fraction of sp³-hybridized carbons (Fsp3) is 0.0625. The Bertz CT molecular complexity index is 869. The molecule has 1 amide bonds. The van der Waals surface area contributed by atoms with Gasteiger partial charge in [-0.05, 0) is 48.9 Å². The van der Waals surface area contributed by atoms with Crippen LogP contribution in [0, 0.1) is 6.92 Å². The summed E-state index contributed by atoms with van der Waals surface area (Å²) in [5.74, 6) is -2.56. The number of hydrogen-bond acceptors (Lipinski definition) is 4. The Morgan fingerprint density at radius 2 is 1.86 bits per heavy atom. The van der Waals surface area contributed by atoms with Gasteiger partial charge in [-0.3, -0.25) is 4.79 Å². The summed E-state index contributed by atoms with van der Waals surface area (Å²) in [5, 5.41) is 11.7. The Hall–Kier alpha value is -2.73. The van der Waals surface area contributed by atoms with E-state index < -0.39 is 11.9 Å². The molecule has 0 aliphatic heterocycles. The maximum absolute atomic E-state index is 11.1. The van der Waals surface area contributed by atoms with Gasteiger partial charge >= 0.3 is 11.9 Å². The van der Waals surface area contributed by atoms with Gasteiger partial charge in [0.15, 0.2) is 0 Å². The number of amides is 1. The zero-order valence-electron chi connectivity index (χ0n) is 11.7. The summed E-state index contributed by atoms with van der Waals surface area (Å²) in [6.45, 7) is 2.04. The first-order valence-corrected chi connectivity index (χ1v) is 7.36. The number of aromatic nitrogens is 1. The minimum Gasteiger partial charge on any atom is -0.474 e. The van der Waals surface area contributed by atoms with Crippen molar-refractivity contribution in [3.63, 3.8) is 0 Å². The monoisotopic (exact) mass is 312 g/mol. The lowest BCUT2D eigenvalue weighted by atomic mass is 10.2. The highest BCUT2D eigenvalue weighted by molar-refractivity contribution is 7.21. The van der Waals surface area contributed by atoms with Crippen LogP contribution >= 0.6 is 11.3 Å². The average Bonchev–Trinajstić information content (AvgIpc) is 2.90. The lowest BCUT2D eigenvalue weighted by molar-refractivity contribution is -0.147. The molecule has 110 valence electrons. The Morgan fingerprint density at radius 1 is 1.14 bits per heavy atom. The Balaban J connectivity index is 1.88. The fourth-order valence-electron chi connectivity index (χ4n) is 2.04. The second kappa shape index (κ2) is 5.57. The van der Waals surface area contributed by atoms with Crippen LogP contribution in [-0.2, 0) is 9.59 Å². The molecule has 0 saturated heterocycles. The van der Waals surface area contributed by atoms with Crippen LogP contribution in [0.25, 0.3) is 20.8 Å². The smallest absolute Gasteiger partial charge is 0.394 e. The first-order valence-electron chi connectivity index (χ1n) is 6.55. The van der Waals surface area contributed by atoms with E-state index in [-0.39, 0.29) is 0 Å². The number of hydrogen-bond donors (Lipinski definition) is 2. The molecule has 0 aliphatic carbocycles. The molecule has 3 rings (SSSR count). The van der Waals surface area contributed by atoms with Crippen molar-refractivity contribution in [2.45, 2.75) is 6.92 Å². The van der Waals surface area contributed by atoms with Gasteiger partial charge in [-0.25, -0.2) is 9.78 Å². The van der Waals surface area contributed by atoms with Crippen molar-refractivity contribution < 1.29 is 14.7 Å². The number of benzene rings is 2. The van der Waals surface area contributed by atoms with Gasteiger partial charge in [0.2, 0.25) is 0 Å². The molecule has 0 radical (unpaired) electrons. The summed E-state index contributed by atoms with van der Waals surface area (Å²) in [5.41, 5.74) is 3.50. The number of carboxylic acid groups (broad SMARTS) is 1. The summed E-state index contributed by atoms with van der Waals surface area (Å²) in [7, 11) is 0. The normalized spacial score (nSPS) is 10.6. The number of aryl methyl sites for hydroxylation is 1. The number of anilines is 1. The molecule has 0 atom stereocenters. The largest absolute Gasteiger partial charge is 0.474 e. The van der Waals surface area contributed by atoms with Gasteiger partial charge in [0.25, 0.3) is 0 Å². The molecule has 0 unspecified atom stereocenters. The van der Waals surface area contributed by atoms with Crippen molar-refractivity contribution >= 4 is 39.1 Å². The minimum atomic E-state index is -1.51. The van der Waals surface area contributed by atoms with Crippen molar-refractivity contribution in [1.82, 2.24) is 4.98 Å². The van der Waals surface area contributed by atoms with Crippen molar-refractivity contribution in [3.05, 3.63) is 48.0 Å². The summed E-state index contributed by atoms with van der Waals surface area (Å²) in [6, 6.07) is 13.0. The minimum absolute atomic E-state index is 0.438. The fourth-order valence-corrected chi connectivity index (χ4v) is 3.11. The van der Waals surface area contributed by atoms with Crippen molar-refractivity contribution in [2.24, 2.45) is 0 Å². The molecule has 2 N–H and O–H groups in total. The lowest BCUT2D eigenvalue weighted by Crippen LogP contribution is -2.21. The van der Waals surface area contributed by atoms with E-state index in [0.717, 1.165) is 20.8 Å². The standard InChI is InChI=1S/C16H12N2O3S/c1-9-2-7-12-13(8-9)22-15(18-12)10-3-5-11(6-4-10)17-14(19)16(20)21/h2-8H,1H3,(H,17,19)(H,20,21). The van der Waals surface area contributed by atoms with E-state index in [4.69, 9.17) is 5.11 Å². The summed E-state index contributed by atoms with van der Waals surface area (Å²) in [6.07, 6.45) is 0. The Labute approximate surface area is 130 Å². The lowest BCUT2D eigenvalue weighted by Gasteiger charge is -2.02. The topological polar surface area (TPSA) is 79.3 Å². The number of fused-ring (bicyclic) bond motifs is 1. The number of nitrogens with one attached hydrogen (secondary N) is 1. The Kier molecular flexibility index (Phi) is 3.60. The SMILES string of the molecule is Cc1ccc2nc(-c3ccc(NC(=O)C(=O)O)cc3)sc2c1. The first kappa shape index (κ1) is 14.2. The Morgan fingerprint density at radius 3 is 2.55 bits per heavy atom. The molecule has 0 fully saturated rings. The van der Waals surface area contributed by atoms with E-state index in [0.29, 0.717) is 5.69 Å². The van der Waals surface area contributed by atoms with Crippen molar-refractivity contribution in [2.75, 3.05) is 5.32 Å². The number of nitrogens with zero attached hydrogens (tertiary/aromatic N) is 1. The number of carbonyl (C=O) groups excluding carboxylic acids is 1. The molecule has 0 saturated carbocycles. The highest BCUT2D eigenvalue weighted by Gasteiger charge is 2.11. The van der Waals surface area contributed by atoms with E-state index in [1.807, 2.05) is 31.2 Å². The number of carbonyl (C=O) groups is 2. The summed E-state index contributed by atoms with van der Waals surface area (Å²) >= 11 is 1.60. The van der Waals surface area contributed by atoms with Crippen LogP contribution in [0.4, 0.5) is 5.69 Å². The van der Waals surface area contributed by atoms with Crippen molar-refractivity contribution in [3.8, 4) is 10.6 Å². The number of aliphatic carboxylic acids is 1. The number of thiazole rings is 1. The second-order valence-electron chi connectivity index (χ2n) is 4.83. The van der Waals surface area contributed by atoms with E-state index in [9.17, 15) is 9.59 Å². The van der Waals surface area contributed by atoms with Crippen LogP contribution < -0.4 is 5.32 Å². The van der Waals surface area contributed by atoms with Crippen LogP contribution in [0.15, 0.2) is 42.5 Å². The van der Waals surface area contributed by atoms with E-state index in [2.05, 4.69) is 16.4 Å². The van der Waals surface area contributed by atoms with E-state index in [1.54, 1.807) is 23.5 Å². The van der Waals surface area contributed by atoms with E-state index >= 15 is 0 Å². The summed E-state index contributed by atoms with van der Waals surface area (Å²) < 4.78 is 1.12. The highest BCUT2D eigenvalue weighted by Crippen LogP contribution is 2.31. The molecule has 5 nitrogen and oxygen atoms in total. The van der Waals surface area contributed by atoms with Crippen molar-refractivity contribution in [1.29, 1.82) is 0 Å². The van der Waals surface area contributed by atoms with E-state index in [1.165, 1.54) is 5.56 Å². The first-order chi connectivity index (χ1) is 10.5. The zero-order valence-corrected chi connectivity index (χ0v) is 12.5. The van der Waals surface area contributed by atoms with Crippen LogP contribution in [0.1, 0.15) is 5.56 Å². The molecule has 0 spiro atoms. The molecular formula is C16H12N2O3S. The predicted octanol–water partition coefficient (Wildman–Crippen LogP) is 3.29. The van der Waals surface area contributed by atoms with Gasteiger partial charge in [0, 0.05) is 11.3 Å². The van der Waals surface area contributed by atoms with Gasteiger partial charge < -0.3 is 10.4 Å². The van der Waals surface area contributed by atoms with Crippen LogP contribution in [0.2, 0.25) is 0 Å². The molecule has 0 bridgehead atoms. The highest BCUT2D eigenvalue weighted by atomic mass is 32.1. The quantitative estimate of drug-likeness (QED) is 0.712. The second-order valence-corrected chi connectivity index (χ2v) is 5.86. The molecule has 3 aromatic rings. The molecule has 1 heterocycles. The van der Waals surface area contributed by atoms with Gasteiger partial charge in [0.05, 0.1) is 10.2 Å². The van der Waals surface area contributed by atoms with Gasteiger partial charge in [0.1, 0.15) is 5.01 Å². The third-order valence-electron chi connectivity index (χ3n) is 3.13. The van der Waals surface area contributed by atoms with Crippen LogP contribution in [0.5, 0.6) is 0 Å². The molecular weight excluding hydrogens is 300 g/mol. The zero-order chi connectivity index (χ0) is 15.7. The van der Waals surface area contributed by atoms with Crippen LogP contribution in [-0.4, -0.2) is 22.0 Å². The number of carboxylic acids is 1. The molecule has 22 heavy (non-hydrogen) atoms.